The molecule has 10 heteroatoms. The minimum Gasteiger partial charge on any atom is -0.494 e. The summed E-state index contributed by atoms with van der Waals surface area (Å²) in [5.74, 6) is -0.117. The van der Waals surface area contributed by atoms with Crippen molar-refractivity contribution in [1.29, 1.82) is 5.41 Å². The van der Waals surface area contributed by atoms with Crippen LogP contribution in [0.1, 0.15) is 41.7 Å². The number of nitrogens with zero attached hydrogens (tertiary/aromatic N) is 3. The van der Waals surface area contributed by atoms with Crippen LogP contribution >= 0.6 is 0 Å². The maximum Gasteiger partial charge on any atom is 0.275 e. The number of nitrogens with two attached hydrogens (primary N) is 2. The fourth-order valence-corrected chi connectivity index (χ4v) is 3.68. The van der Waals surface area contributed by atoms with Crippen molar-refractivity contribution in [1.82, 2.24) is 9.97 Å². The minimum atomic E-state index is -0.538. The van der Waals surface area contributed by atoms with E-state index >= 15 is 0 Å². The van der Waals surface area contributed by atoms with Crippen molar-refractivity contribution in [2.45, 2.75) is 25.7 Å². The molecular formula is C20H27N7O3. The molecule has 2 aromatic rings. The third-order valence-corrected chi connectivity index (χ3v) is 5.06. The van der Waals surface area contributed by atoms with Gasteiger partial charge in [-0.25, -0.2) is 4.98 Å². The summed E-state index contributed by atoms with van der Waals surface area (Å²) in [7, 11) is 3.00. The molecule has 1 aromatic carbocycles. The number of hydrogen-bond donors (Lipinski definition) is 4. The maximum atomic E-state index is 12.7. The van der Waals surface area contributed by atoms with Crippen molar-refractivity contribution in [3.05, 3.63) is 29.8 Å². The number of ether oxygens (including phenoxy) is 2. The monoisotopic (exact) mass is 413 g/mol. The summed E-state index contributed by atoms with van der Waals surface area (Å²) in [5.41, 5.74) is 13.6. The third-order valence-electron chi connectivity index (χ3n) is 5.06. The fourth-order valence-electron chi connectivity index (χ4n) is 3.68. The first kappa shape index (κ1) is 21.2. The number of carbonyl (C=O) groups is 1. The van der Waals surface area contributed by atoms with Gasteiger partial charge in [-0.05, 0) is 12.8 Å². The van der Waals surface area contributed by atoms with Crippen LogP contribution in [0.25, 0.3) is 0 Å². The molecule has 0 radical (unpaired) electrons. The van der Waals surface area contributed by atoms with Gasteiger partial charge in [0.2, 0.25) is 0 Å². The smallest absolute Gasteiger partial charge is 0.275 e. The molecule has 0 saturated carbocycles. The summed E-state index contributed by atoms with van der Waals surface area (Å²) in [6, 6.07) is 0. The Morgan fingerprint density at radius 1 is 1.13 bits per heavy atom. The molecule has 0 aliphatic carbocycles. The van der Waals surface area contributed by atoms with Crippen molar-refractivity contribution < 1.29 is 14.3 Å². The van der Waals surface area contributed by atoms with Crippen LogP contribution < -0.4 is 31.2 Å². The van der Waals surface area contributed by atoms with E-state index in [1.54, 1.807) is 0 Å². The molecule has 1 aliphatic heterocycles. The second-order valence-corrected chi connectivity index (χ2v) is 6.94. The molecule has 1 aromatic heterocycles. The number of anilines is 3. The number of carbonyl (C=O) groups excluding carboxylic acids is 1. The first-order valence-corrected chi connectivity index (χ1v) is 9.73. The van der Waals surface area contributed by atoms with Gasteiger partial charge in [0.1, 0.15) is 22.9 Å². The largest absolute Gasteiger partial charge is 0.494 e. The molecule has 0 atom stereocenters. The van der Waals surface area contributed by atoms with Crippen LogP contribution in [0, 0.1) is 5.41 Å². The number of amides is 1. The lowest BCUT2D eigenvalue weighted by molar-refractivity contribution is 0.102. The molecular weight excluding hydrogens is 386 g/mol. The van der Waals surface area contributed by atoms with Crippen molar-refractivity contribution in [2.75, 3.05) is 43.3 Å². The highest BCUT2D eigenvalue weighted by Crippen LogP contribution is 2.50. The van der Waals surface area contributed by atoms with Crippen LogP contribution in [0.2, 0.25) is 0 Å². The van der Waals surface area contributed by atoms with E-state index in [0.717, 1.165) is 38.8 Å². The van der Waals surface area contributed by atoms with E-state index in [2.05, 4.69) is 20.2 Å². The number of nitrogen functional groups attached to an aromatic ring is 2. The summed E-state index contributed by atoms with van der Waals surface area (Å²) in [6.07, 6.45) is 8.53. The Labute approximate surface area is 175 Å². The van der Waals surface area contributed by atoms with Gasteiger partial charge in [-0.3, -0.25) is 15.2 Å². The molecule has 160 valence electrons. The highest BCUT2D eigenvalue weighted by atomic mass is 16.5. The van der Waals surface area contributed by atoms with Crippen LogP contribution in [0.5, 0.6) is 11.5 Å². The average molecular weight is 413 g/mol. The van der Waals surface area contributed by atoms with Crippen LogP contribution in [-0.2, 0) is 0 Å². The van der Waals surface area contributed by atoms with Gasteiger partial charge in [0, 0.05) is 25.5 Å². The van der Waals surface area contributed by atoms with Crippen LogP contribution in [-0.4, -0.2) is 49.0 Å². The first-order valence-electron chi connectivity index (χ1n) is 9.73. The van der Waals surface area contributed by atoms with Gasteiger partial charge >= 0.3 is 0 Å². The molecule has 2 heterocycles. The maximum absolute atomic E-state index is 12.7. The average Bonchev–Trinajstić information content (AvgIpc) is 3.04. The second kappa shape index (κ2) is 9.29. The van der Waals surface area contributed by atoms with E-state index in [1.165, 1.54) is 32.8 Å². The van der Waals surface area contributed by atoms with Gasteiger partial charge in [0.05, 0.1) is 31.7 Å². The molecule has 10 nitrogen and oxygen atoms in total. The van der Waals surface area contributed by atoms with E-state index < -0.39 is 5.91 Å². The Kier molecular flexibility index (Phi) is 6.55. The van der Waals surface area contributed by atoms with E-state index in [1.807, 2.05) is 0 Å². The van der Waals surface area contributed by atoms with E-state index in [9.17, 15) is 4.79 Å². The minimum absolute atomic E-state index is 0.0981. The van der Waals surface area contributed by atoms with E-state index in [-0.39, 0.29) is 28.5 Å². The zero-order valence-corrected chi connectivity index (χ0v) is 17.2. The number of aromatic nitrogens is 2. The molecule has 6 N–H and O–H groups in total. The summed E-state index contributed by atoms with van der Waals surface area (Å²) >= 11 is 0. The SMILES string of the molecule is COc1c(N)c(NC(=O)c2cnccn2)c(C(=N)N)c(OC)c1N1CCCCCC1. The van der Waals surface area contributed by atoms with Gasteiger partial charge < -0.3 is 31.2 Å². The predicted octanol–water partition coefficient (Wildman–Crippen LogP) is 1.99. The standard InChI is InChI=1S/C20H27N7O3/c1-29-17-13(19(22)23)15(26-20(28)12-11-24-7-8-25-12)14(21)18(30-2)16(17)27-9-5-3-4-6-10-27/h7-8,11H,3-6,9-10,21H2,1-2H3,(H3,22,23)(H,26,28). The molecule has 1 fully saturated rings. The highest BCUT2D eigenvalue weighted by Gasteiger charge is 2.30. The number of methoxy groups -OCH3 is 2. The summed E-state index contributed by atoms with van der Waals surface area (Å²) in [4.78, 5) is 22.7. The van der Waals surface area contributed by atoms with Crippen LogP contribution in [0.3, 0.4) is 0 Å². The molecule has 1 amide bonds. The highest BCUT2D eigenvalue weighted by molar-refractivity contribution is 6.15. The number of amidine groups is 1. The topological polar surface area (TPSA) is 152 Å². The number of benzene rings is 1. The van der Waals surface area contributed by atoms with Gasteiger partial charge in [-0.1, -0.05) is 12.8 Å². The Hall–Kier alpha value is -3.56. The number of rotatable bonds is 6. The summed E-state index contributed by atoms with van der Waals surface area (Å²) < 4.78 is 11.3. The van der Waals surface area contributed by atoms with E-state index in [0.29, 0.717) is 17.2 Å². The Bertz CT molecular complexity index is 926. The van der Waals surface area contributed by atoms with Crippen LogP contribution in [0.15, 0.2) is 18.6 Å². The zero-order valence-electron chi connectivity index (χ0n) is 17.2. The Morgan fingerprint density at radius 2 is 1.80 bits per heavy atom. The van der Waals surface area contributed by atoms with Gasteiger partial charge in [0.25, 0.3) is 5.91 Å². The Morgan fingerprint density at radius 3 is 2.33 bits per heavy atom. The predicted molar refractivity (Wildman–Crippen MR) is 116 cm³/mol. The number of hydrogen-bond acceptors (Lipinski definition) is 8. The molecule has 1 aliphatic rings. The van der Waals surface area contributed by atoms with Crippen molar-refractivity contribution in [2.24, 2.45) is 5.73 Å². The lowest BCUT2D eigenvalue weighted by atomic mass is 10.0. The lowest BCUT2D eigenvalue weighted by Gasteiger charge is -2.30. The quantitative estimate of drug-likeness (QED) is 0.319. The van der Waals surface area contributed by atoms with Crippen LogP contribution in [0.4, 0.5) is 17.1 Å². The first-order chi connectivity index (χ1) is 14.5. The number of nitrogens with one attached hydrogen (secondary N) is 2. The van der Waals surface area contributed by atoms with Crippen molar-refractivity contribution in [3.8, 4) is 11.5 Å². The normalized spacial score (nSPS) is 14.0. The van der Waals surface area contributed by atoms with Gasteiger partial charge in [-0.2, -0.15) is 0 Å². The second-order valence-electron chi connectivity index (χ2n) is 6.94. The lowest BCUT2D eigenvalue weighted by Crippen LogP contribution is -2.28. The zero-order chi connectivity index (χ0) is 21.7. The van der Waals surface area contributed by atoms with Gasteiger partial charge in [0.15, 0.2) is 11.5 Å². The summed E-state index contributed by atoms with van der Waals surface area (Å²) in [6.45, 7) is 1.60. The summed E-state index contributed by atoms with van der Waals surface area (Å²) in [5, 5.41) is 10.9. The van der Waals surface area contributed by atoms with Gasteiger partial charge in [-0.15, -0.1) is 0 Å². The fraction of sp³-hybridized carbons (Fsp3) is 0.400. The molecule has 3 rings (SSSR count). The molecule has 0 unspecified atom stereocenters. The molecule has 0 spiro atoms. The molecule has 1 saturated heterocycles. The van der Waals surface area contributed by atoms with Crippen molar-refractivity contribution in [3.63, 3.8) is 0 Å². The Balaban J connectivity index is 2.17. The van der Waals surface area contributed by atoms with E-state index in [4.69, 9.17) is 26.4 Å². The molecule has 30 heavy (non-hydrogen) atoms. The third kappa shape index (κ3) is 4.07. The van der Waals surface area contributed by atoms with Crippen molar-refractivity contribution >= 4 is 28.8 Å². The molecule has 0 bridgehead atoms.